The fraction of sp³-hybridized carbons (Fsp3) is 0.600. The van der Waals surface area contributed by atoms with E-state index in [1.54, 1.807) is 7.05 Å². The van der Waals surface area contributed by atoms with Gasteiger partial charge in [0.05, 0.1) is 6.61 Å². The number of hydrogen-bond donors (Lipinski definition) is 1. The van der Waals surface area contributed by atoms with Crippen molar-refractivity contribution in [3.05, 3.63) is 29.8 Å². The molecule has 0 fully saturated rings. The average molecular weight is 289 g/mol. The van der Waals surface area contributed by atoms with E-state index in [4.69, 9.17) is 4.74 Å². The molecule has 1 N–H and O–H groups in total. The Hall–Kier alpha value is -1.23. The summed E-state index contributed by atoms with van der Waals surface area (Å²) in [5, 5.41) is 3.07. The van der Waals surface area contributed by atoms with Crippen LogP contribution in [0.2, 0.25) is 0 Å². The van der Waals surface area contributed by atoms with Gasteiger partial charge in [0.2, 0.25) is 0 Å². The van der Waals surface area contributed by atoms with Crippen LogP contribution >= 0.6 is 0 Å². The van der Waals surface area contributed by atoms with Crippen molar-refractivity contribution in [3.8, 4) is 5.75 Å². The third kappa shape index (κ3) is 6.28. The zero-order valence-electron chi connectivity index (χ0n) is 12.0. The minimum atomic E-state index is -4.08. The van der Waals surface area contributed by atoms with E-state index in [0.29, 0.717) is 13.0 Å². The van der Waals surface area contributed by atoms with Gasteiger partial charge in [-0.05, 0) is 44.0 Å². The number of rotatable bonds is 8. The van der Waals surface area contributed by atoms with Crippen LogP contribution < -0.4 is 10.1 Å². The summed E-state index contributed by atoms with van der Waals surface area (Å²) in [6, 6.07) is 7.45. The van der Waals surface area contributed by atoms with E-state index < -0.39 is 12.6 Å². The maximum atomic E-state index is 12.2. The van der Waals surface area contributed by atoms with Crippen molar-refractivity contribution in [2.24, 2.45) is 0 Å². The predicted molar refractivity (Wildman–Crippen MR) is 73.9 cm³/mol. The second-order valence-electron chi connectivity index (χ2n) is 4.77. The van der Waals surface area contributed by atoms with E-state index in [1.807, 2.05) is 31.2 Å². The van der Waals surface area contributed by atoms with Gasteiger partial charge >= 0.3 is 6.18 Å². The summed E-state index contributed by atoms with van der Waals surface area (Å²) in [5.41, 5.74) is 0.961. The monoisotopic (exact) mass is 289 g/mol. The zero-order chi connectivity index (χ0) is 15.0. The summed E-state index contributed by atoms with van der Waals surface area (Å²) in [6.07, 6.45) is -3.32. The van der Waals surface area contributed by atoms with E-state index in [1.165, 1.54) is 0 Å². The molecule has 0 aliphatic carbocycles. The molecular weight excluding hydrogens is 267 g/mol. The molecule has 1 atom stereocenters. The average Bonchev–Trinajstić information content (AvgIpc) is 2.40. The first kappa shape index (κ1) is 16.8. The summed E-state index contributed by atoms with van der Waals surface area (Å²) < 4.78 is 42.1. The number of hydrogen-bond acceptors (Lipinski definition) is 2. The molecule has 20 heavy (non-hydrogen) atoms. The van der Waals surface area contributed by atoms with Crippen molar-refractivity contribution in [3.63, 3.8) is 0 Å². The zero-order valence-corrected chi connectivity index (χ0v) is 12.0. The van der Waals surface area contributed by atoms with Crippen LogP contribution in [0.4, 0.5) is 13.2 Å². The second-order valence-corrected chi connectivity index (χ2v) is 4.77. The number of halogens is 3. The Morgan fingerprint density at radius 2 is 2.05 bits per heavy atom. The smallest absolute Gasteiger partial charge is 0.389 e. The third-order valence-corrected chi connectivity index (χ3v) is 3.03. The Bertz CT molecular complexity index is 393. The summed E-state index contributed by atoms with van der Waals surface area (Å²) in [4.78, 5) is 0. The maximum Gasteiger partial charge on any atom is 0.389 e. The van der Waals surface area contributed by atoms with Gasteiger partial charge in [-0.3, -0.25) is 0 Å². The quantitative estimate of drug-likeness (QED) is 0.762. The highest BCUT2D eigenvalue weighted by Crippen LogP contribution is 2.27. The lowest BCUT2D eigenvalue weighted by atomic mass is 10.0. The van der Waals surface area contributed by atoms with E-state index in [2.05, 4.69) is 5.32 Å². The fourth-order valence-corrected chi connectivity index (χ4v) is 2.03. The van der Waals surface area contributed by atoms with E-state index in [0.717, 1.165) is 17.7 Å². The predicted octanol–water partition coefficient (Wildman–Crippen LogP) is 4.47. The summed E-state index contributed by atoms with van der Waals surface area (Å²) >= 11 is 0. The van der Waals surface area contributed by atoms with Crippen LogP contribution in [0.3, 0.4) is 0 Å². The molecule has 0 aliphatic rings. The normalized spacial score (nSPS) is 13.2. The molecule has 5 heteroatoms. The van der Waals surface area contributed by atoms with E-state index >= 15 is 0 Å². The Morgan fingerprint density at radius 3 is 2.65 bits per heavy atom. The first-order valence-corrected chi connectivity index (χ1v) is 6.93. The maximum absolute atomic E-state index is 12.2. The molecule has 1 aromatic carbocycles. The van der Waals surface area contributed by atoms with Gasteiger partial charge in [0.15, 0.2) is 0 Å². The first-order chi connectivity index (χ1) is 9.46. The van der Waals surface area contributed by atoms with Gasteiger partial charge in [0, 0.05) is 12.5 Å². The third-order valence-electron chi connectivity index (χ3n) is 3.03. The lowest BCUT2D eigenvalue weighted by Crippen LogP contribution is -2.17. The van der Waals surface area contributed by atoms with Crippen LogP contribution in [-0.2, 0) is 0 Å². The Morgan fingerprint density at radius 1 is 1.30 bits per heavy atom. The van der Waals surface area contributed by atoms with Gasteiger partial charge in [-0.15, -0.1) is 0 Å². The molecule has 0 saturated carbocycles. The minimum absolute atomic E-state index is 0.0810. The minimum Gasteiger partial charge on any atom is -0.494 e. The highest BCUT2D eigenvalue weighted by Gasteiger charge is 2.26. The van der Waals surface area contributed by atoms with Gasteiger partial charge in [-0.2, -0.15) is 13.2 Å². The van der Waals surface area contributed by atoms with Crippen molar-refractivity contribution in [1.82, 2.24) is 5.32 Å². The molecule has 2 nitrogen and oxygen atoms in total. The molecule has 0 spiro atoms. The molecule has 1 aromatic rings. The Labute approximate surface area is 118 Å². The second kappa shape index (κ2) is 8.15. The summed E-state index contributed by atoms with van der Waals surface area (Å²) in [5.74, 6) is 0.764. The standard InChI is InChI=1S/C15H22F3NO/c1-3-10-20-13-7-4-6-12(11-13)14(19-2)8-5-9-15(16,17)18/h4,6-7,11,14,19H,3,5,8-10H2,1-2H3. The molecule has 0 saturated heterocycles. The Kier molecular flexibility index (Phi) is 6.85. The number of benzene rings is 1. The van der Waals surface area contributed by atoms with E-state index in [-0.39, 0.29) is 12.5 Å². The fourth-order valence-electron chi connectivity index (χ4n) is 2.03. The van der Waals surface area contributed by atoms with Crippen molar-refractivity contribution in [2.75, 3.05) is 13.7 Å². The van der Waals surface area contributed by atoms with Crippen LogP contribution in [0.25, 0.3) is 0 Å². The largest absolute Gasteiger partial charge is 0.494 e. The molecule has 1 unspecified atom stereocenters. The van der Waals surface area contributed by atoms with Crippen LogP contribution in [-0.4, -0.2) is 19.8 Å². The number of nitrogens with one attached hydrogen (secondary N) is 1. The lowest BCUT2D eigenvalue weighted by molar-refractivity contribution is -0.135. The molecule has 1 rings (SSSR count). The van der Waals surface area contributed by atoms with Crippen LogP contribution in [0, 0.1) is 0 Å². The molecule has 0 aliphatic heterocycles. The Balaban J connectivity index is 2.60. The molecule has 0 amide bonds. The molecule has 0 aromatic heterocycles. The highest BCUT2D eigenvalue weighted by atomic mass is 19.4. The van der Waals surface area contributed by atoms with Crippen LogP contribution in [0.15, 0.2) is 24.3 Å². The molecule has 0 heterocycles. The number of ether oxygens (including phenoxy) is 1. The first-order valence-electron chi connectivity index (χ1n) is 6.93. The van der Waals surface area contributed by atoms with Gasteiger partial charge in [0.25, 0.3) is 0 Å². The van der Waals surface area contributed by atoms with Crippen LogP contribution in [0.1, 0.15) is 44.2 Å². The van der Waals surface area contributed by atoms with Crippen molar-refractivity contribution < 1.29 is 17.9 Å². The van der Waals surface area contributed by atoms with Gasteiger partial charge in [-0.25, -0.2) is 0 Å². The topological polar surface area (TPSA) is 21.3 Å². The van der Waals surface area contributed by atoms with Crippen molar-refractivity contribution in [2.45, 2.75) is 44.8 Å². The van der Waals surface area contributed by atoms with Crippen molar-refractivity contribution in [1.29, 1.82) is 0 Å². The summed E-state index contributed by atoms with van der Waals surface area (Å²) in [6.45, 7) is 2.67. The van der Waals surface area contributed by atoms with E-state index in [9.17, 15) is 13.2 Å². The molecule has 0 bridgehead atoms. The van der Waals surface area contributed by atoms with Crippen molar-refractivity contribution >= 4 is 0 Å². The lowest BCUT2D eigenvalue weighted by Gasteiger charge is -2.18. The summed E-state index contributed by atoms with van der Waals surface area (Å²) in [7, 11) is 1.76. The molecular formula is C15H22F3NO. The van der Waals surface area contributed by atoms with Gasteiger partial charge < -0.3 is 10.1 Å². The highest BCUT2D eigenvalue weighted by molar-refractivity contribution is 5.30. The van der Waals surface area contributed by atoms with Gasteiger partial charge in [-0.1, -0.05) is 19.1 Å². The SMILES string of the molecule is CCCOc1cccc(C(CCCC(F)(F)F)NC)c1. The molecule has 0 radical (unpaired) electrons. The van der Waals surface area contributed by atoms with Gasteiger partial charge in [0.1, 0.15) is 5.75 Å². The number of alkyl halides is 3. The molecule has 114 valence electrons. The van der Waals surface area contributed by atoms with Crippen LogP contribution in [0.5, 0.6) is 5.75 Å².